The Morgan fingerprint density at radius 3 is 2.74 bits per heavy atom. The summed E-state index contributed by atoms with van der Waals surface area (Å²) in [6.45, 7) is 8.58. The quantitative estimate of drug-likeness (QED) is 0.623. The maximum absolute atomic E-state index is 12.4. The second-order valence-electron chi connectivity index (χ2n) is 6.27. The highest BCUT2D eigenvalue weighted by molar-refractivity contribution is 7.13. The fraction of sp³-hybridized carbons (Fsp3) is 0.421. The number of oxime groups is 1. The van der Waals surface area contributed by atoms with Gasteiger partial charge in [-0.2, -0.15) is 0 Å². The van der Waals surface area contributed by atoms with Crippen molar-refractivity contribution in [1.82, 2.24) is 4.98 Å². The van der Waals surface area contributed by atoms with Gasteiger partial charge in [0, 0.05) is 18.2 Å². The van der Waals surface area contributed by atoms with Crippen LogP contribution in [0, 0.1) is 13.8 Å². The van der Waals surface area contributed by atoms with Gasteiger partial charge in [-0.05, 0) is 39.8 Å². The van der Waals surface area contributed by atoms with Gasteiger partial charge in [-0.3, -0.25) is 4.79 Å². The Balaban J connectivity index is 1.61. The lowest BCUT2D eigenvalue weighted by molar-refractivity contribution is -0.126. The molecule has 144 valence electrons. The maximum Gasteiger partial charge on any atom is 0.267 e. The smallest absolute Gasteiger partial charge is 0.267 e. The zero-order valence-corrected chi connectivity index (χ0v) is 16.7. The van der Waals surface area contributed by atoms with Crippen LogP contribution in [0.3, 0.4) is 0 Å². The lowest BCUT2D eigenvalue weighted by atomic mass is 10.2. The molecule has 0 aliphatic carbocycles. The molecule has 2 aromatic rings. The summed E-state index contributed by atoms with van der Waals surface area (Å²) >= 11 is 1.55. The molecule has 8 heteroatoms. The molecule has 1 N–H and O–H groups in total. The standard InChI is InChI=1S/C19H23N3O4S/c1-11-18(27-14(4)20-11)12(2)22-26-13(3)19(23)21-15-6-7-16-17(10-15)25-9-5-8-24-16/h6-7,10,13H,5,8-9H2,1-4H3,(H,21,23)/t13-/m0/s1. The Labute approximate surface area is 162 Å². The van der Waals surface area contributed by atoms with Gasteiger partial charge in [0.2, 0.25) is 6.10 Å². The topological polar surface area (TPSA) is 82.0 Å². The van der Waals surface area contributed by atoms with Crippen molar-refractivity contribution in [2.75, 3.05) is 18.5 Å². The van der Waals surface area contributed by atoms with Crippen molar-refractivity contribution in [2.24, 2.45) is 5.16 Å². The number of hydrogen-bond acceptors (Lipinski definition) is 7. The molecule has 27 heavy (non-hydrogen) atoms. The number of amides is 1. The molecule has 1 aliphatic rings. The minimum atomic E-state index is -0.745. The molecule has 0 radical (unpaired) electrons. The molecule has 0 spiro atoms. The van der Waals surface area contributed by atoms with Gasteiger partial charge in [-0.15, -0.1) is 11.3 Å². The second kappa shape index (κ2) is 8.39. The van der Waals surface area contributed by atoms with Crippen molar-refractivity contribution in [3.05, 3.63) is 33.8 Å². The molecule has 0 fully saturated rings. The Morgan fingerprint density at radius 1 is 1.30 bits per heavy atom. The van der Waals surface area contributed by atoms with Crippen molar-refractivity contribution in [3.63, 3.8) is 0 Å². The number of fused-ring (bicyclic) bond motifs is 1. The predicted octanol–water partition coefficient (Wildman–Crippen LogP) is 3.69. The average Bonchev–Trinajstić information content (AvgIpc) is 2.83. The molecule has 0 bridgehead atoms. The van der Waals surface area contributed by atoms with Gasteiger partial charge in [0.25, 0.3) is 5.91 Å². The molecule has 2 heterocycles. The van der Waals surface area contributed by atoms with E-state index in [9.17, 15) is 4.79 Å². The van der Waals surface area contributed by atoms with Crippen LogP contribution < -0.4 is 14.8 Å². The minimum absolute atomic E-state index is 0.293. The van der Waals surface area contributed by atoms with Gasteiger partial charge < -0.3 is 19.6 Å². The second-order valence-corrected chi connectivity index (χ2v) is 7.48. The van der Waals surface area contributed by atoms with Crippen LogP contribution in [0.1, 0.15) is 35.8 Å². The number of carbonyl (C=O) groups is 1. The van der Waals surface area contributed by atoms with E-state index in [1.54, 1.807) is 36.5 Å². The van der Waals surface area contributed by atoms with Gasteiger partial charge in [-0.25, -0.2) is 4.98 Å². The predicted molar refractivity (Wildman–Crippen MR) is 105 cm³/mol. The van der Waals surface area contributed by atoms with Gasteiger partial charge >= 0.3 is 0 Å². The first kappa shape index (κ1) is 19.2. The summed E-state index contributed by atoms with van der Waals surface area (Å²) in [7, 11) is 0. The fourth-order valence-corrected chi connectivity index (χ4v) is 3.46. The molecule has 1 aliphatic heterocycles. The minimum Gasteiger partial charge on any atom is -0.490 e. The third-order valence-corrected chi connectivity index (χ3v) is 5.15. The summed E-state index contributed by atoms with van der Waals surface area (Å²) in [5.41, 5.74) is 2.23. The number of rotatable bonds is 5. The number of carbonyl (C=O) groups excluding carboxylic acids is 1. The van der Waals surface area contributed by atoms with E-state index < -0.39 is 6.10 Å². The first-order chi connectivity index (χ1) is 12.9. The first-order valence-corrected chi connectivity index (χ1v) is 9.61. The van der Waals surface area contributed by atoms with E-state index in [-0.39, 0.29) is 5.91 Å². The Hall–Kier alpha value is -2.61. The summed E-state index contributed by atoms with van der Waals surface area (Å²) in [5, 5.41) is 7.88. The summed E-state index contributed by atoms with van der Waals surface area (Å²) in [6, 6.07) is 5.32. The molecule has 0 saturated heterocycles. The van der Waals surface area contributed by atoms with Gasteiger partial charge in [0.1, 0.15) is 0 Å². The largest absolute Gasteiger partial charge is 0.490 e. The highest BCUT2D eigenvalue weighted by Gasteiger charge is 2.17. The number of hydrogen-bond donors (Lipinski definition) is 1. The summed E-state index contributed by atoms with van der Waals surface area (Å²) in [4.78, 5) is 23.1. The molecule has 1 aromatic heterocycles. The maximum atomic E-state index is 12.4. The molecule has 1 aromatic carbocycles. The molecule has 7 nitrogen and oxygen atoms in total. The SMILES string of the molecule is CC(=NO[C@@H](C)C(=O)Nc1ccc2c(c1)OCCCO2)c1sc(C)nc1C. The van der Waals surface area contributed by atoms with Crippen LogP contribution in [-0.4, -0.2) is 35.9 Å². The van der Waals surface area contributed by atoms with Gasteiger partial charge in [-0.1, -0.05) is 5.16 Å². The fourth-order valence-electron chi connectivity index (χ4n) is 2.60. The zero-order valence-electron chi connectivity index (χ0n) is 15.9. The summed E-state index contributed by atoms with van der Waals surface area (Å²) < 4.78 is 11.2. The van der Waals surface area contributed by atoms with Gasteiger partial charge in [0.05, 0.1) is 34.5 Å². The zero-order chi connectivity index (χ0) is 19.4. The van der Waals surface area contributed by atoms with Crippen LogP contribution in [0.25, 0.3) is 0 Å². The molecule has 1 atom stereocenters. The average molecular weight is 389 g/mol. The van der Waals surface area contributed by atoms with Crippen LogP contribution in [0.2, 0.25) is 0 Å². The van der Waals surface area contributed by atoms with Crippen LogP contribution >= 0.6 is 11.3 Å². The number of thiazole rings is 1. The monoisotopic (exact) mass is 389 g/mol. The normalized spacial score (nSPS) is 15.0. The highest BCUT2D eigenvalue weighted by atomic mass is 32.1. The van der Waals surface area contributed by atoms with Crippen LogP contribution in [0.5, 0.6) is 11.5 Å². The lowest BCUT2D eigenvalue weighted by Crippen LogP contribution is -2.26. The van der Waals surface area contributed by atoms with E-state index in [2.05, 4.69) is 15.5 Å². The molecule has 1 amide bonds. The third kappa shape index (κ3) is 4.77. The number of nitrogens with one attached hydrogen (secondary N) is 1. The summed E-state index contributed by atoms with van der Waals surface area (Å²) in [5.74, 6) is 1.02. The van der Waals surface area contributed by atoms with Crippen molar-refractivity contribution in [1.29, 1.82) is 0 Å². The number of aryl methyl sites for hydroxylation is 2. The van der Waals surface area contributed by atoms with Gasteiger partial charge in [0.15, 0.2) is 11.5 Å². The van der Waals surface area contributed by atoms with Crippen molar-refractivity contribution in [3.8, 4) is 11.5 Å². The lowest BCUT2D eigenvalue weighted by Gasteiger charge is -2.13. The van der Waals surface area contributed by atoms with E-state index in [1.165, 1.54) is 0 Å². The molecule has 0 saturated carbocycles. The summed E-state index contributed by atoms with van der Waals surface area (Å²) in [6.07, 6.45) is 0.0856. The Morgan fingerprint density at radius 2 is 2.04 bits per heavy atom. The number of benzene rings is 1. The van der Waals surface area contributed by atoms with Crippen LogP contribution in [-0.2, 0) is 9.63 Å². The van der Waals surface area contributed by atoms with E-state index in [0.717, 1.165) is 22.0 Å². The van der Waals surface area contributed by atoms with Crippen molar-refractivity contribution in [2.45, 2.75) is 40.2 Å². The number of ether oxygens (including phenoxy) is 2. The number of anilines is 1. The first-order valence-electron chi connectivity index (χ1n) is 8.79. The van der Waals surface area contributed by atoms with E-state index in [1.807, 2.05) is 20.8 Å². The molecule has 3 rings (SSSR count). The van der Waals surface area contributed by atoms with E-state index >= 15 is 0 Å². The van der Waals surface area contributed by atoms with E-state index in [4.69, 9.17) is 14.3 Å². The van der Waals surface area contributed by atoms with Crippen LogP contribution in [0.4, 0.5) is 5.69 Å². The van der Waals surface area contributed by atoms with E-state index in [0.29, 0.717) is 36.1 Å². The van der Waals surface area contributed by atoms with Crippen molar-refractivity contribution < 1.29 is 19.1 Å². The molecular formula is C19H23N3O4S. The van der Waals surface area contributed by atoms with Crippen LogP contribution in [0.15, 0.2) is 23.4 Å². The third-order valence-electron chi connectivity index (χ3n) is 3.96. The highest BCUT2D eigenvalue weighted by Crippen LogP contribution is 2.32. The Kier molecular flexibility index (Phi) is 5.95. The molecule has 0 unspecified atom stereocenters. The number of nitrogens with zero attached hydrogens (tertiary/aromatic N) is 2. The molecular weight excluding hydrogens is 366 g/mol. The Bertz CT molecular complexity index is 863. The number of aromatic nitrogens is 1. The van der Waals surface area contributed by atoms with Crippen molar-refractivity contribution >= 4 is 28.6 Å².